The van der Waals surface area contributed by atoms with E-state index in [4.69, 9.17) is 0 Å². The molecule has 0 unspecified atom stereocenters. The number of rotatable bonds is 5. The third kappa shape index (κ3) is 7.39. The van der Waals surface area contributed by atoms with E-state index in [9.17, 15) is 43.2 Å². The lowest BCUT2D eigenvalue weighted by atomic mass is 10.0. The zero-order valence-corrected chi connectivity index (χ0v) is 19.9. The van der Waals surface area contributed by atoms with Crippen LogP contribution < -0.4 is 4.57 Å². The number of hydrogen-bond donors (Lipinski definition) is 0. The number of benzene rings is 2. The summed E-state index contributed by atoms with van der Waals surface area (Å²) in [5, 5.41) is 1.31. The number of alkyl halides is 6. The van der Waals surface area contributed by atoms with Crippen LogP contribution in [0.3, 0.4) is 0 Å². The first-order chi connectivity index (χ1) is 15.9. The Bertz CT molecular complexity index is 1330. The second-order valence-corrected chi connectivity index (χ2v) is 10.9. The predicted molar refractivity (Wildman–Crippen MR) is 117 cm³/mol. The van der Waals surface area contributed by atoms with Crippen LogP contribution in [0.4, 0.5) is 26.3 Å². The molecule has 3 aromatic rings. The van der Waals surface area contributed by atoms with Crippen molar-refractivity contribution in [2.75, 3.05) is 0 Å². The van der Waals surface area contributed by atoms with Crippen LogP contribution in [0, 0.1) is 0 Å². The molecule has 3 rings (SSSR count). The van der Waals surface area contributed by atoms with Gasteiger partial charge in [-0.15, -0.1) is 0 Å². The van der Waals surface area contributed by atoms with Gasteiger partial charge in [-0.25, -0.2) is 16.8 Å². The Morgan fingerprint density at radius 2 is 1.34 bits per heavy atom. The molecular formula is C21H20F6N2O4S2. The summed E-state index contributed by atoms with van der Waals surface area (Å²) in [6.07, 6.45) is 2.16. The molecule has 192 valence electrons. The van der Waals surface area contributed by atoms with E-state index in [1.165, 1.54) is 22.0 Å². The Morgan fingerprint density at radius 1 is 0.800 bits per heavy atom. The number of pyridine rings is 1. The van der Waals surface area contributed by atoms with Crippen molar-refractivity contribution in [3.63, 3.8) is 0 Å². The maximum atomic E-state index is 11.4. The second-order valence-electron chi connectivity index (χ2n) is 7.51. The molecule has 0 radical (unpaired) electrons. The molecule has 6 nitrogen and oxygen atoms in total. The molecule has 0 aliphatic rings. The minimum Gasteiger partial charge on any atom is -0.421 e. The highest BCUT2D eigenvalue weighted by molar-refractivity contribution is 8.13. The number of fused-ring (bicyclic) bond motifs is 1. The quantitative estimate of drug-likeness (QED) is 0.321. The lowest BCUT2D eigenvalue weighted by Crippen LogP contribution is -2.34. The highest BCUT2D eigenvalue weighted by Gasteiger charge is 2.46. The topological polar surface area (TPSA) is 86.3 Å². The zero-order chi connectivity index (χ0) is 26.7. The standard InChI is InChI=1S/C19H20N.C2F6NO4S2/c1-15(2)17-10-11-19-18(13-17)9-6-12-20(19)14-16-7-4-3-5-8-16;3-1(4,5)14(10,11)9-15(12,13)2(6,7)8/h3-13,15H,14H2,1-2H3;/q+1;-1. The lowest BCUT2D eigenvalue weighted by Gasteiger charge is -2.22. The molecule has 2 aromatic carbocycles. The van der Waals surface area contributed by atoms with Crippen LogP contribution in [0.2, 0.25) is 0 Å². The van der Waals surface area contributed by atoms with Crippen molar-refractivity contribution < 1.29 is 47.7 Å². The van der Waals surface area contributed by atoms with Gasteiger partial charge in [0.15, 0.2) is 32.8 Å². The molecule has 0 N–H and O–H groups in total. The van der Waals surface area contributed by atoms with E-state index < -0.39 is 31.1 Å². The normalized spacial score (nSPS) is 12.9. The van der Waals surface area contributed by atoms with E-state index in [1.54, 1.807) is 0 Å². The summed E-state index contributed by atoms with van der Waals surface area (Å²) in [5.74, 6) is 0.571. The fourth-order valence-electron chi connectivity index (χ4n) is 2.79. The molecule has 0 atom stereocenters. The average Bonchev–Trinajstić information content (AvgIpc) is 2.72. The Hall–Kier alpha value is -2.71. The zero-order valence-electron chi connectivity index (χ0n) is 18.2. The van der Waals surface area contributed by atoms with Gasteiger partial charge in [-0.05, 0) is 23.6 Å². The number of sulfonamides is 2. The fourth-order valence-corrected chi connectivity index (χ4v) is 4.50. The van der Waals surface area contributed by atoms with Gasteiger partial charge in [0.25, 0.3) is 0 Å². The van der Waals surface area contributed by atoms with Gasteiger partial charge in [0.05, 0.1) is 0 Å². The van der Waals surface area contributed by atoms with Gasteiger partial charge in [0.1, 0.15) is 0 Å². The molecule has 1 heterocycles. The summed E-state index contributed by atoms with van der Waals surface area (Å²) < 4.78 is 111. The van der Waals surface area contributed by atoms with Crippen molar-refractivity contribution in [2.45, 2.75) is 37.3 Å². The van der Waals surface area contributed by atoms with Crippen molar-refractivity contribution in [1.29, 1.82) is 0 Å². The van der Waals surface area contributed by atoms with E-state index in [0.29, 0.717) is 5.92 Å². The second kappa shape index (κ2) is 10.5. The maximum absolute atomic E-state index is 11.4. The van der Waals surface area contributed by atoms with Gasteiger partial charge in [0.2, 0.25) is 5.52 Å². The predicted octanol–water partition coefficient (Wildman–Crippen LogP) is 5.36. The van der Waals surface area contributed by atoms with Gasteiger partial charge in [-0.1, -0.05) is 50.2 Å². The van der Waals surface area contributed by atoms with Gasteiger partial charge >= 0.3 is 11.0 Å². The first-order valence-electron chi connectivity index (χ1n) is 9.77. The molecule has 35 heavy (non-hydrogen) atoms. The molecule has 14 heteroatoms. The minimum atomic E-state index is -6.72. The Labute approximate surface area is 198 Å². The summed E-state index contributed by atoms with van der Waals surface area (Å²) in [7, 11) is -13.4. The molecule has 1 aromatic heterocycles. The third-order valence-electron chi connectivity index (χ3n) is 4.55. The van der Waals surface area contributed by atoms with Crippen LogP contribution in [0.15, 0.2) is 66.9 Å². The Morgan fingerprint density at radius 3 is 1.83 bits per heavy atom. The average molecular weight is 543 g/mol. The first kappa shape index (κ1) is 28.5. The monoisotopic (exact) mass is 542 g/mol. The SMILES string of the molecule is CC(C)c1ccc2c(ccc[n+]2Cc2ccccc2)c1.O=S(=O)([N-]S(=O)(=O)C(F)(F)F)C(F)(F)F. The summed E-state index contributed by atoms with van der Waals surface area (Å²) in [5.41, 5.74) is -8.38. The molecule has 0 fully saturated rings. The van der Waals surface area contributed by atoms with Crippen LogP contribution in [0.5, 0.6) is 0 Å². The van der Waals surface area contributed by atoms with Crippen molar-refractivity contribution in [3.05, 3.63) is 82.1 Å². The van der Waals surface area contributed by atoms with Gasteiger partial charge in [-0.2, -0.15) is 30.9 Å². The van der Waals surface area contributed by atoms with Crippen LogP contribution in [0.1, 0.15) is 30.9 Å². The summed E-state index contributed by atoms with van der Waals surface area (Å²) in [6, 6.07) is 21.7. The molecule has 0 amide bonds. The van der Waals surface area contributed by atoms with Crippen LogP contribution in [0.25, 0.3) is 15.0 Å². The Kier molecular flexibility index (Phi) is 8.56. The van der Waals surface area contributed by atoms with Crippen LogP contribution in [-0.2, 0) is 26.6 Å². The van der Waals surface area contributed by atoms with Crippen molar-refractivity contribution in [1.82, 2.24) is 0 Å². The van der Waals surface area contributed by atoms with E-state index >= 15 is 0 Å². The maximum Gasteiger partial charge on any atom is 0.480 e. The van der Waals surface area contributed by atoms with Crippen LogP contribution in [-0.4, -0.2) is 27.9 Å². The first-order valence-corrected chi connectivity index (χ1v) is 12.7. The molecule has 0 aliphatic heterocycles. The Balaban J connectivity index is 0.000000260. The number of hydrogen-bond acceptors (Lipinski definition) is 4. The number of nitrogens with zero attached hydrogens (tertiary/aromatic N) is 2. The summed E-state index contributed by atoms with van der Waals surface area (Å²) in [6.45, 7) is 5.39. The largest absolute Gasteiger partial charge is 0.480 e. The fraction of sp³-hybridized carbons (Fsp3) is 0.286. The highest BCUT2D eigenvalue weighted by atomic mass is 32.3. The van der Waals surface area contributed by atoms with E-state index in [2.05, 4.69) is 85.3 Å². The molecular weight excluding hydrogens is 522 g/mol. The molecule has 0 spiro atoms. The molecule has 0 saturated heterocycles. The summed E-state index contributed by atoms with van der Waals surface area (Å²) >= 11 is 0. The van der Waals surface area contributed by atoms with E-state index in [1.807, 2.05) is 0 Å². The van der Waals surface area contributed by atoms with E-state index in [0.717, 1.165) is 10.7 Å². The lowest BCUT2D eigenvalue weighted by molar-refractivity contribution is -0.662. The number of aromatic nitrogens is 1. The van der Waals surface area contributed by atoms with Gasteiger partial charge in [-0.3, -0.25) is 0 Å². The smallest absolute Gasteiger partial charge is 0.421 e. The van der Waals surface area contributed by atoms with Crippen molar-refractivity contribution in [3.8, 4) is 0 Å². The van der Waals surface area contributed by atoms with Crippen LogP contribution >= 0.6 is 0 Å². The van der Waals surface area contributed by atoms with Gasteiger partial charge in [0, 0.05) is 23.1 Å². The van der Waals surface area contributed by atoms with Crippen molar-refractivity contribution in [2.24, 2.45) is 0 Å². The molecule has 0 saturated carbocycles. The molecule has 0 aliphatic carbocycles. The van der Waals surface area contributed by atoms with E-state index in [-0.39, 0.29) is 0 Å². The molecule has 0 bridgehead atoms. The number of halogens is 6. The summed E-state index contributed by atoms with van der Waals surface area (Å²) in [4.78, 5) is 0. The van der Waals surface area contributed by atoms with Crippen molar-refractivity contribution >= 4 is 30.9 Å². The third-order valence-corrected chi connectivity index (χ3v) is 7.29. The minimum absolute atomic E-state index is 0.571. The highest BCUT2D eigenvalue weighted by Crippen LogP contribution is 2.36. The van der Waals surface area contributed by atoms with Gasteiger partial charge < -0.3 is 4.13 Å².